The van der Waals surface area contributed by atoms with Crippen LogP contribution in [0.2, 0.25) is 0 Å². The molecule has 19 heavy (non-hydrogen) atoms. The van der Waals surface area contributed by atoms with Crippen LogP contribution in [0.3, 0.4) is 0 Å². The van der Waals surface area contributed by atoms with Crippen LogP contribution in [-0.2, 0) is 4.79 Å². The zero-order chi connectivity index (χ0) is 14.1. The molecule has 1 aliphatic rings. The lowest BCUT2D eigenvalue weighted by molar-refractivity contribution is -0.145. The number of hydrogen-bond donors (Lipinski definition) is 3. The second-order valence-corrected chi connectivity index (χ2v) is 6.01. The van der Waals surface area contributed by atoms with Gasteiger partial charge < -0.3 is 15.7 Å². The number of amides is 2. The Balaban J connectivity index is 2.33. The van der Waals surface area contributed by atoms with Gasteiger partial charge in [0.05, 0.1) is 0 Å². The van der Waals surface area contributed by atoms with Crippen molar-refractivity contribution in [3.05, 3.63) is 0 Å². The predicted octanol–water partition coefficient (Wildman–Crippen LogP) is 2.22. The molecule has 1 rings (SSSR count). The van der Waals surface area contributed by atoms with E-state index in [0.29, 0.717) is 19.4 Å². The number of thioether (sulfide) groups is 1. The Hall–Kier alpha value is -0.910. The first-order valence-electron chi connectivity index (χ1n) is 6.89. The molecule has 0 radical (unpaired) electrons. The molecule has 0 aromatic carbocycles. The highest BCUT2D eigenvalue weighted by molar-refractivity contribution is 7.98. The average Bonchev–Trinajstić information content (AvgIpc) is 2.39. The zero-order valence-corrected chi connectivity index (χ0v) is 12.4. The summed E-state index contributed by atoms with van der Waals surface area (Å²) in [5.41, 5.74) is -1.05. The lowest BCUT2D eigenvalue weighted by Crippen LogP contribution is -2.58. The highest BCUT2D eigenvalue weighted by atomic mass is 32.2. The maximum Gasteiger partial charge on any atom is 0.329 e. The normalized spacial score (nSPS) is 17.7. The largest absolute Gasteiger partial charge is 0.480 e. The van der Waals surface area contributed by atoms with Gasteiger partial charge in [0.25, 0.3) is 0 Å². The van der Waals surface area contributed by atoms with E-state index in [9.17, 15) is 14.7 Å². The molecule has 3 N–H and O–H groups in total. The molecule has 0 aliphatic heterocycles. The van der Waals surface area contributed by atoms with E-state index < -0.39 is 11.5 Å². The topological polar surface area (TPSA) is 78.4 Å². The van der Waals surface area contributed by atoms with Gasteiger partial charge in [0.1, 0.15) is 5.54 Å². The minimum atomic E-state index is -1.05. The van der Waals surface area contributed by atoms with Gasteiger partial charge in [-0.15, -0.1) is 0 Å². The molecule has 0 unspecified atom stereocenters. The van der Waals surface area contributed by atoms with Crippen LogP contribution in [0.15, 0.2) is 0 Å². The van der Waals surface area contributed by atoms with E-state index in [4.69, 9.17) is 0 Å². The SMILES string of the molecule is CSCCCCNC(=O)NC1(C(=O)O)CCCCC1. The summed E-state index contributed by atoms with van der Waals surface area (Å²) in [5, 5.41) is 14.7. The van der Waals surface area contributed by atoms with Crippen LogP contribution in [-0.4, -0.2) is 41.2 Å². The molecule has 6 heteroatoms. The number of hydrogen-bond acceptors (Lipinski definition) is 3. The van der Waals surface area contributed by atoms with E-state index in [0.717, 1.165) is 37.9 Å². The third-order valence-electron chi connectivity index (χ3n) is 3.53. The fraction of sp³-hybridized carbons (Fsp3) is 0.846. The van der Waals surface area contributed by atoms with Crippen molar-refractivity contribution in [3.8, 4) is 0 Å². The second-order valence-electron chi connectivity index (χ2n) is 5.03. The van der Waals surface area contributed by atoms with Gasteiger partial charge in [-0.05, 0) is 37.7 Å². The Morgan fingerprint density at radius 3 is 2.47 bits per heavy atom. The molecule has 1 aliphatic carbocycles. The Morgan fingerprint density at radius 2 is 1.89 bits per heavy atom. The fourth-order valence-corrected chi connectivity index (χ4v) is 2.88. The number of aliphatic carboxylic acids is 1. The van der Waals surface area contributed by atoms with Gasteiger partial charge in [-0.25, -0.2) is 9.59 Å². The molecule has 0 heterocycles. The molecule has 0 aromatic rings. The van der Waals surface area contributed by atoms with Gasteiger partial charge in [0.15, 0.2) is 0 Å². The molecular formula is C13H24N2O3S. The number of carbonyl (C=O) groups excluding carboxylic acids is 1. The number of unbranched alkanes of at least 4 members (excludes halogenated alkanes) is 1. The standard InChI is InChI=1S/C13H24N2O3S/c1-19-10-6-5-9-14-12(18)15-13(11(16)17)7-3-2-4-8-13/h2-10H2,1H3,(H,16,17)(H2,14,15,18). The van der Waals surface area contributed by atoms with Crippen molar-refractivity contribution in [2.24, 2.45) is 0 Å². The fourth-order valence-electron chi connectivity index (χ4n) is 2.38. The van der Waals surface area contributed by atoms with Gasteiger partial charge in [0, 0.05) is 6.54 Å². The molecule has 1 saturated carbocycles. The zero-order valence-electron chi connectivity index (χ0n) is 11.5. The van der Waals surface area contributed by atoms with Crippen LogP contribution in [0.5, 0.6) is 0 Å². The molecule has 0 aromatic heterocycles. The molecule has 110 valence electrons. The number of urea groups is 1. The predicted molar refractivity (Wildman–Crippen MR) is 77.6 cm³/mol. The summed E-state index contributed by atoms with van der Waals surface area (Å²) in [4.78, 5) is 23.1. The summed E-state index contributed by atoms with van der Waals surface area (Å²) in [6.45, 7) is 0.599. The molecule has 5 nitrogen and oxygen atoms in total. The van der Waals surface area contributed by atoms with Crippen molar-refractivity contribution in [2.75, 3.05) is 18.6 Å². The van der Waals surface area contributed by atoms with E-state index in [-0.39, 0.29) is 6.03 Å². The molecule has 2 amide bonds. The highest BCUT2D eigenvalue weighted by Crippen LogP contribution is 2.28. The smallest absolute Gasteiger partial charge is 0.329 e. The third kappa shape index (κ3) is 5.30. The summed E-state index contributed by atoms with van der Waals surface area (Å²) in [7, 11) is 0. The maximum absolute atomic E-state index is 11.8. The Kier molecular flexibility index (Phi) is 7.05. The van der Waals surface area contributed by atoms with Crippen LogP contribution in [0.25, 0.3) is 0 Å². The molecular weight excluding hydrogens is 264 g/mol. The number of carboxylic acid groups (broad SMARTS) is 1. The van der Waals surface area contributed by atoms with Crippen molar-refractivity contribution < 1.29 is 14.7 Å². The number of carboxylic acids is 1. The van der Waals surface area contributed by atoms with Gasteiger partial charge in [-0.1, -0.05) is 19.3 Å². The van der Waals surface area contributed by atoms with Crippen LogP contribution >= 0.6 is 11.8 Å². The first-order valence-corrected chi connectivity index (χ1v) is 8.28. The van der Waals surface area contributed by atoms with Gasteiger partial charge in [-0.2, -0.15) is 11.8 Å². The van der Waals surface area contributed by atoms with Crippen LogP contribution in [0.4, 0.5) is 4.79 Å². The van der Waals surface area contributed by atoms with E-state index in [1.807, 2.05) is 0 Å². The van der Waals surface area contributed by atoms with E-state index >= 15 is 0 Å². The first kappa shape index (κ1) is 16.1. The minimum absolute atomic E-state index is 0.353. The summed E-state index contributed by atoms with van der Waals surface area (Å²) >= 11 is 1.79. The molecule has 0 saturated heterocycles. The van der Waals surface area contributed by atoms with Crippen molar-refractivity contribution in [3.63, 3.8) is 0 Å². The van der Waals surface area contributed by atoms with Crippen LogP contribution in [0.1, 0.15) is 44.9 Å². The van der Waals surface area contributed by atoms with E-state index in [1.165, 1.54) is 0 Å². The van der Waals surface area contributed by atoms with Crippen molar-refractivity contribution in [1.29, 1.82) is 0 Å². The lowest BCUT2D eigenvalue weighted by atomic mass is 9.82. The molecule has 0 bridgehead atoms. The molecule has 1 fully saturated rings. The monoisotopic (exact) mass is 288 g/mol. The van der Waals surface area contributed by atoms with Crippen LogP contribution < -0.4 is 10.6 Å². The Morgan fingerprint density at radius 1 is 1.21 bits per heavy atom. The van der Waals surface area contributed by atoms with Crippen molar-refractivity contribution >= 4 is 23.8 Å². The first-order chi connectivity index (χ1) is 9.10. The van der Waals surface area contributed by atoms with Crippen LogP contribution in [0, 0.1) is 0 Å². The number of nitrogens with one attached hydrogen (secondary N) is 2. The summed E-state index contributed by atoms with van der Waals surface area (Å²) < 4.78 is 0. The second kappa shape index (κ2) is 8.30. The van der Waals surface area contributed by atoms with Gasteiger partial charge in [0.2, 0.25) is 0 Å². The summed E-state index contributed by atoms with van der Waals surface area (Å²) in [6, 6.07) is -0.353. The number of carbonyl (C=O) groups is 2. The average molecular weight is 288 g/mol. The maximum atomic E-state index is 11.8. The minimum Gasteiger partial charge on any atom is -0.480 e. The molecule has 0 atom stereocenters. The van der Waals surface area contributed by atoms with E-state index in [2.05, 4.69) is 16.9 Å². The highest BCUT2D eigenvalue weighted by Gasteiger charge is 2.40. The van der Waals surface area contributed by atoms with Gasteiger partial charge >= 0.3 is 12.0 Å². The van der Waals surface area contributed by atoms with Gasteiger partial charge in [-0.3, -0.25) is 0 Å². The summed E-state index contributed by atoms with van der Waals surface area (Å²) in [5.74, 6) is 0.173. The number of rotatable bonds is 7. The molecule has 0 spiro atoms. The Labute approximate surface area is 118 Å². The summed E-state index contributed by atoms with van der Waals surface area (Å²) in [6.07, 6.45) is 7.87. The quantitative estimate of drug-likeness (QED) is 0.628. The van der Waals surface area contributed by atoms with Crippen molar-refractivity contribution in [2.45, 2.75) is 50.5 Å². The van der Waals surface area contributed by atoms with E-state index in [1.54, 1.807) is 11.8 Å². The Bertz CT molecular complexity index is 304. The lowest BCUT2D eigenvalue weighted by Gasteiger charge is -2.33. The third-order valence-corrected chi connectivity index (χ3v) is 4.23. The van der Waals surface area contributed by atoms with Crippen molar-refractivity contribution in [1.82, 2.24) is 10.6 Å².